The molecule has 2 aromatic heterocycles. The molecule has 0 radical (unpaired) electrons. The molecule has 0 saturated carbocycles. The summed E-state index contributed by atoms with van der Waals surface area (Å²) < 4.78 is 6.14. The van der Waals surface area contributed by atoms with Gasteiger partial charge in [0.25, 0.3) is 0 Å². The molecular weight excluding hydrogens is 356 g/mol. The zero-order valence-electron chi connectivity index (χ0n) is 16.4. The minimum absolute atomic E-state index is 0.0132. The van der Waals surface area contributed by atoms with Gasteiger partial charge in [-0.25, -0.2) is 0 Å². The molecule has 3 nitrogen and oxygen atoms in total. The summed E-state index contributed by atoms with van der Waals surface area (Å²) in [4.78, 5) is 4.24. The summed E-state index contributed by atoms with van der Waals surface area (Å²) in [6.07, 6.45) is 3.62. The van der Waals surface area contributed by atoms with E-state index < -0.39 is 0 Å². The Balaban J connectivity index is 1.47. The number of rotatable bonds is 2. The highest BCUT2D eigenvalue weighted by Gasteiger charge is 2.35. The van der Waals surface area contributed by atoms with E-state index in [-0.39, 0.29) is 5.41 Å². The quantitative estimate of drug-likeness (QED) is 0.359. The number of aromatic nitrogens is 1. The van der Waals surface area contributed by atoms with Gasteiger partial charge in [-0.15, -0.1) is 0 Å². The number of nitrogens with one attached hydrogen (secondary N) is 1. The van der Waals surface area contributed by atoms with Crippen molar-refractivity contribution in [2.24, 2.45) is 0 Å². The van der Waals surface area contributed by atoms with Crippen LogP contribution in [0.2, 0.25) is 0 Å². The summed E-state index contributed by atoms with van der Waals surface area (Å²) in [6.45, 7) is 4.60. The van der Waals surface area contributed by atoms with Crippen molar-refractivity contribution in [3.05, 3.63) is 90.3 Å². The molecule has 0 amide bonds. The molecular formula is C26H20N2O. The number of pyridine rings is 1. The second kappa shape index (κ2) is 5.71. The first-order valence-corrected chi connectivity index (χ1v) is 9.89. The van der Waals surface area contributed by atoms with Crippen molar-refractivity contribution in [1.82, 2.24) is 4.98 Å². The third-order valence-corrected chi connectivity index (χ3v) is 6.16. The summed E-state index contributed by atoms with van der Waals surface area (Å²) >= 11 is 0. The normalized spacial score (nSPS) is 14.1. The van der Waals surface area contributed by atoms with Crippen molar-refractivity contribution in [2.45, 2.75) is 19.3 Å². The first-order valence-electron chi connectivity index (χ1n) is 9.89. The molecule has 0 saturated heterocycles. The van der Waals surface area contributed by atoms with E-state index >= 15 is 0 Å². The molecule has 1 aliphatic rings. The maximum atomic E-state index is 6.14. The van der Waals surface area contributed by atoms with Crippen molar-refractivity contribution in [1.29, 1.82) is 0 Å². The lowest BCUT2D eigenvalue weighted by atomic mass is 9.82. The summed E-state index contributed by atoms with van der Waals surface area (Å²) in [5, 5.41) is 5.70. The lowest BCUT2D eigenvalue weighted by molar-refractivity contribution is 0.660. The Bertz CT molecular complexity index is 1410. The molecule has 0 unspecified atom stereocenters. The van der Waals surface area contributed by atoms with E-state index in [1.165, 1.54) is 22.3 Å². The molecule has 6 rings (SSSR count). The molecule has 1 aliphatic carbocycles. The van der Waals surface area contributed by atoms with Gasteiger partial charge in [-0.2, -0.15) is 0 Å². The van der Waals surface area contributed by atoms with Gasteiger partial charge < -0.3 is 9.73 Å². The first-order chi connectivity index (χ1) is 14.1. The van der Waals surface area contributed by atoms with E-state index in [1.54, 1.807) is 6.20 Å². The van der Waals surface area contributed by atoms with Gasteiger partial charge in [-0.05, 0) is 46.5 Å². The number of furan rings is 1. The second-order valence-corrected chi connectivity index (χ2v) is 8.21. The molecule has 2 heterocycles. The van der Waals surface area contributed by atoms with Crippen molar-refractivity contribution >= 4 is 33.3 Å². The molecule has 140 valence electrons. The van der Waals surface area contributed by atoms with E-state index in [1.807, 2.05) is 12.3 Å². The first kappa shape index (κ1) is 16.4. The van der Waals surface area contributed by atoms with E-state index in [2.05, 4.69) is 84.8 Å². The Labute approximate surface area is 169 Å². The van der Waals surface area contributed by atoms with Crippen LogP contribution in [0.4, 0.5) is 11.4 Å². The highest BCUT2D eigenvalue weighted by molar-refractivity contribution is 6.08. The second-order valence-electron chi connectivity index (χ2n) is 8.21. The fourth-order valence-corrected chi connectivity index (χ4v) is 4.68. The van der Waals surface area contributed by atoms with Gasteiger partial charge in [0.1, 0.15) is 5.58 Å². The van der Waals surface area contributed by atoms with Gasteiger partial charge in [0, 0.05) is 34.3 Å². The predicted molar refractivity (Wildman–Crippen MR) is 119 cm³/mol. The Morgan fingerprint density at radius 2 is 1.69 bits per heavy atom. The van der Waals surface area contributed by atoms with Gasteiger partial charge in [-0.3, -0.25) is 4.98 Å². The summed E-state index contributed by atoms with van der Waals surface area (Å²) in [5.41, 5.74) is 9.13. The van der Waals surface area contributed by atoms with Crippen LogP contribution in [0.3, 0.4) is 0 Å². The number of nitrogens with zero attached hydrogens (tertiary/aromatic N) is 1. The average molecular weight is 376 g/mol. The van der Waals surface area contributed by atoms with Crippen LogP contribution >= 0.6 is 0 Å². The van der Waals surface area contributed by atoms with E-state index in [9.17, 15) is 0 Å². The van der Waals surface area contributed by atoms with Crippen molar-refractivity contribution < 1.29 is 4.42 Å². The van der Waals surface area contributed by atoms with Crippen LogP contribution in [0, 0.1) is 0 Å². The molecule has 1 N–H and O–H groups in total. The number of para-hydroxylation sites is 1. The third kappa shape index (κ3) is 2.27. The highest BCUT2D eigenvalue weighted by atomic mass is 16.3. The van der Waals surface area contributed by atoms with Gasteiger partial charge in [0.2, 0.25) is 0 Å². The topological polar surface area (TPSA) is 38.1 Å². The Morgan fingerprint density at radius 3 is 2.62 bits per heavy atom. The molecule has 0 bridgehead atoms. The van der Waals surface area contributed by atoms with Crippen molar-refractivity contribution in [2.75, 3.05) is 5.32 Å². The maximum absolute atomic E-state index is 6.14. The van der Waals surface area contributed by atoms with Gasteiger partial charge in [-0.1, -0.05) is 56.3 Å². The smallest absolute Gasteiger partial charge is 0.158 e. The molecule has 5 aromatic rings. The van der Waals surface area contributed by atoms with Crippen LogP contribution in [0.5, 0.6) is 0 Å². The fraction of sp³-hybridized carbons (Fsp3) is 0.115. The molecule has 0 atom stereocenters. The summed E-state index contributed by atoms with van der Waals surface area (Å²) in [7, 11) is 0. The van der Waals surface area contributed by atoms with Crippen LogP contribution in [0.15, 0.2) is 83.5 Å². The molecule has 3 aromatic carbocycles. The number of fused-ring (bicyclic) bond motifs is 6. The fourth-order valence-electron chi connectivity index (χ4n) is 4.68. The molecule has 0 fully saturated rings. The van der Waals surface area contributed by atoms with Crippen LogP contribution < -0.4 is 5.32 Å². The minimum Gasteiger partial charge on any atom is -0.454 e. The molecule has 0 spiro atoms. The van der Waals surface area contributed by atoms with E-state index in [0.717, 1.165) is 33.3 Å². The highest BCUT2D eigenvalue weighted by Crippen LogP contribution is 2.49. The van der Waals surface area contributed by atoms with E-state index in [4.69, 9.17) is 4.42 Å². The van der Waals surface area contributed by atoms with E-state index in [0.29, 0.717) is 0 Å². The Morgan fingerprint density at radius 1 is 0.828 bits per heavy atom. The average Bonchev–Trinajstić information content (AvgIpc) is 3.23. The summed E-state index contributed by atoms with van der Waals surface area (Å²) in [6, 6.07) is 23.5. The largest absolute Gasteiger partial charge is 0.454 e. The lowest BCUT2D eigenvalue weighted by Crippen LogP contribution is -2.15. The monoisotopic (exact) mass is 376 g/mol. The number of anilines is 2. The molecule has 3 heteroatoms. The number of hydrogen-bond acceptors (Lipinski definition) is 3. The molecule has 29 heavy (non-hydrogen) atoms. The van der Waals surface area contributed by atoms with Crippen LogP contribution in [0.25, 0.3) is 33.1 Å². The maximum Gasteiger partial charge on any atom is 0.158 e. The lowest BCUT2D eigenvalue weighted by Gasteiger charge is -2.22. The zero-order valence-corrected chi connectivity index (χ0v) is 16.4. The third-order valence-electron chi connectivity index (χ3n) is 6.16. The SMILES string of the molecule is CC1(C)c2ccccc2-c2ccc(Nc3cccc4c3oc3ccncc34)cc21. The van der Waals surface area contributed by atoms with Crippen molar-refractivity contribution in [3.63, 3.8) is 0 Å². The zero-order chi connectivity index (χ0) is 19.6. The molecule has 0 aliphatic heterocycles. The van der Waals surface area contributed by atoms with Gasteiger partial charge >= 0.3 is 0 Å². The van der Waals surface area contributed by atoms with Crippen molar-refractivity contribution in [3.8, 4) is 11.1 Å². The predicted octanol–water partition coefficient (Wildman–Crippen LogP) is 7.03. The van der Waals surface area contributed by atoms with Crippen LogP contribution in [-0.4, -0.2) is 4.98 Å². The Kier molecular flexibility index (Phi) is 3.22. The number of hydrogen-bond donors (Lipinski definition) is 1. The van der Waals surface area contributed by atoms with Gasteiger partial charge in [0.05, 0.1) is 5.69 Å². The van der Waals surface area contributed by atoms with Crippen LogP contribution in [0.1, 0.15) is 25.0 Å². The minimum atomic E-state index is -0.0132. The van der Waals surface area contributed by atoms with Gasteiger partial charge in [0.15, 0.2) is 5.58 Å². The van der Waals surface area contributed by atoms with Crippen LogP contribution in [-0.2, 0) is 5.41 Å². The number of benzene rings is 3. The summed E-state index contributed by atoms with van der Waals surface area (Å²) in [5.74, 6) is 0. The Hall–Kier alpha value is -3.59. The standard InChI is InChI=1S/C26H20N2O/c1-26(2)21-8-4-3-6-17(21)18-11-10-16(14-22(18)26)28-23-9-5-7-19-20-15-27-13-12-24(20)29-25(19)23/h3-15,28H,1-2H3.